The minimum atomic E-state index is -1.15. The topological polar surface area (TPSA) is 75.4 Å². The number of nitrogens with one attached hydrogen (secondary N) is 1. The van der Waals surface area contributed by atoms with Gasteiger partial charge in [-0.2, -0.15) is 0 Å². The van der Waals surface area contributed by atoms with E-state index in [4.69, 9.17) is 11.6 Å². The Morgan fingerprint density at radius 1 is 1.24 bits per heavy atom. The normalized spacial score (nSPS) is 13.5. The molecule has 110 valence electrons. The summed E-state index contributed by atoms with van der Waals surface area (Å²) in [6.45, 7) is 1.89. The van der Waals surface area contributed by atoms with Gasteiger partial charge in [0.25, 0.3) is 5.69 Å². The van der Waals surface area contributed by atoms with E-state index in [1.807, 2.05) is 6.07 Å². The molecule has 0 fully saturated rings. The van der Waals surface area contributed by atoms with Crippen LogP contribution in [0.5, 0.6) is 0 Å². The van der Waals surface area contributed by atoms with E-state index in [0.29, 0.717) is 16.3 Å². The molecular weight excluding hydrogens is 292 g/mol. The Bertz CT molecular complexity index is 642. The van der Waals surface area contributed by atoms with Crippen LogP contribution in [-0.4, -0.2) is 16.6 Å². The fourth-order valence-electron chi connectivity index (χ4n) is 1.97. The summed E-state index contributed by atoms with van der Waals surface area (Å²) < 4.78 is 0. The molecule has 0 spiro atoms. The predicted octanol–water partition coefficient (Wildman–Crippen LogP) is 3.57. The van der Waals surface area contributed by atoms with Gasteiger partial charge in [-0.1, -0.05) is 29.8 Å². The average molecular weight is 307 g/mol. The highest BCUT2D eigenvalue weighted by atomic mass is 35.5. The zero-order valence-electron chi connectivity index (χ0n) is 11.4. The molecule has 0 aliphatic carbocycles. The van der Waals surface area contributed by atoms with Crippen LogP contribution in [0.2, 0.25) is 5.02 Å². The summed E-state index contributed by atoms with van der Waals surface area (Å²) in [5.41, 5.74) is 0.188. The molecule has 0 saturated heterocycles. The fourth-order valence-corrected chi connectivity index (χ4v) is 2.31. The minimum absolute atomic E-state index is 0.0263. The number of nitrogens with zero attached hydrogens (tertiary/aromatic N) is 1. The number of hydrogen-bond donors (Lipinski definition) is 2. The number of rotatable bonds is 5. The number of nitro groups is 1. The molecule has 0 aliphatic heterocycles. The third-order valence-corrected chi connectivity index (χ3v) is 3.50. The maximum Gasteiger partial charge on any atom is 0.269 e. The zero-order valence-corrected chi connectivity index (χ0v) is 12.2. The number of benzene rings is 2. The van der Waals surface area contributed by atoms with E-state index in [2.05, 4.69) is 5.32 Å². The number of nitro benzene ring substituents is 1. The number of hydrogen-bond acceptors (Lipinski definition) is 4. The molecule has 0 amide bonds. The maximum absolute atomic E-state index is 10.6. The lowest BCUT2D eigenvalue weighted by molar-refractivity contribution is -0.384. The Morgan fingerprint density at radius 2 is 1.86 bits per heavy atom. The van der Waals surface area contributed by atoms with Crippen molar-refractivity contribution in [3.05, 3.63) is 69.2 Å². The van der Waals surface area contributed by atoms with Gasteiger partial charge in [0.15, 0.2) is 0 Å². The van der Waals surface area contributed by atoms with E-state index >= 15 is 0 Å². The zero-order chi connectivity index (χ0) is 15.5. The molecule has 1 atom stereocenters. The molecule has 2 N–H and O–H groups in total. The van der Waals surface area contributed by atoms with Crippen LogP contribution >= 0.6 is 11.6 Å². The van der Waals surface area contributed by atoms with Gasteiger partial charge in [-0.15, -0.1) is 0 Å². The highest BCUT2D eigenvalue weighted by Crippen LogP contribution is 2.28. The van der Waals surface area contributed by atoms with Crippen LogP contribution in [0.1, 0.15) is 12.5 Å². The molecule has 0 aliphatic rings. The van der Waals surface area contributed by atoms with Gasteiger partial charge in [-0.25, -0.2) is 0 Å². The second-order valence-electron chi connectivity index (χ2n) is 4.91. The SMILES string of the molecule is CC(O)(CNc1ccc([N+](=O)[O-])cc1)c1ccccc1Cl. The Labute approximate surface area is 127 Å². The molecular formula is C15H15ClN2O3. The van der Waals surface area contributed by atoms with Crippen LogP contribution < -0.4 is 5.32 Å². The number of aliphatic hydroxyl groups is 1. The van der Waals surface area contributed by atoms with Crippen molar-refractivity contribution in [2.75, 3.05) is 11.9 Å². The molecule has 0 heterocycles. The van der Waals surface area contributed by atoms with Crippen LogP contribution in [0.15, 0.2) is 48.5 Å². The van der Waals surface area contributed by atoms with Crippen molar-refractivity contribution < 1.29 is 10.0 Å². The molecule has 5 nitrogen and oxygen atoms in total. The lowest BCUT2D eigenvalue weighted by atomic mass is 9.96. The van der Waals surface area contributed by atoms with Crippen LogP contribution in [0.3, 0.4) is 0 Å². The van der Waals surface area contributed by atoms with E-state index in [9.17, 15) is 15.2 Å². The lowest BCUT2D eigenvalue weighted by Gasteiger charge is -2.25. The molecule has 2 rings (SSSR count). The van der Waals surface area contributed by atoms with Gasteiger partial charge < -0.3 is 10.4 Å². The molecule has 0 aromatic heterocycles. The van der Waals surface area contributed by atoms with Gasteiger partial charge in [0.05, 0.1) is 4.92 Å². The quantitative estimate of drug-likeness (QED) is 0.654. The summed E-state index contributed by atoms with van der Waals surface area (Å²) >= 11 is 6.08. The van der Waals surface area contributed by atoms with Crippen molar-refractivity contribution >= 4 is 23.0 Å². The van der Waals surface area contributed by atoms with Crippen LogP contribution in [-0.2, 0) is 5.60 Å². The summed E-state index contributed by atoms with van der Waals surface area (Å²) in [5, 5.41) is 24.6. The molecule has 6 heteroatoms. The number of non-ortho nitro benzene ring substituents is 1. The van der Waals surface area contributed by atoms with Crippen LogP contribution in [0, 0.1) is 10.1 Å². The Morgan fingerprint density at radius 3 is 2.43 bits per heavy atom. The van der Waals surface area contributed by atoms with Crippen LogP contribution in [0.25, 0.3) is 0 Å². The van der Waals surface area contributed by atoms with Crippen molar-refractivity contribution in [2.24, 2.45) is 0 Å². The van der Waals surface area contributed by atoms with E-state index in [1.165, 1.54) is 12.1 Å². The summed E-state index contributed by atoms with van der Waals surface area (Å²) in [6, 6.07) is 13.1. The average Bonchev–Trinajstić information content (AvgIpc) is 2.46. The number of anilines is 1. The molecule has 0 saturated carbocycles. The summed E-state index contributed by atoms with van der Waals surface area (Å²) in [6.07, 6.45) is 0. The monoisotopic (exact) mass is 306 g/mol. The third-order valence-electron chi connectivity index (χ3n) is 3.17. The van der Waals surface area contributed by atoms with E-state index in [0.717, 1.165) is 0 Å². The first-order valence-electron chi connectivity index (χ1n) is 6.36. The van der Waals surface area contributed by atoms with E-state index in [1.54, 1.807) is 37.3 Å². The van der Waals surface area contributed by atoms with E-state index in [-0.39, 0.29) is 12.2 Å². The van der Waals surface area contributed by atoms with Gasteiger partial charge >= 0.3 is 0 Å². The Balaban J connectivity index is 2.08. The highest BCUT2D eigenvalue weighted by Gasteiger charge is 2.25. The first-order chi connectivity index (χ1) is 9.90. The van der Waals surface area contributed by atoms with Crippen molar-refractivity contribution in [1.82, 2.24) is 0 Å². The van der Waals surface area contributed by atoms with Crippen molar-refractivity contribution in [2.45, 2.75) is 12.5 Å². The summed E-state index contributed by atoms with van der Waals surface area (Å²) in [5.74, 6) is 0. The lowest BCUT2D eigenvalue weighted by Crippen LogP contribution is -2.31. The Hall–Kier alpha value is -2.11. The third kappa shape index (κ3) is 3.71. The largest absolute Gasteiger partial charge is 0.384 e. The standard InChI is InChI=1S/C15H15ClN2O3/c1-15(19,13-4-2-3-5-14(13)16)10-17-11-6-8-12(9-7-11)18(20)21/h2-9,17,19H,10H2,1H3. The van der Waals surface area contributed by atoms with Gasteiger partial charge in [0.1, 0.15) is 5.60 Å². The molecule has 0 bridgehead atoms. The van der Waals surface area contributed by atoms with Gasteiger partial charge in [-0.05, 0) is 25.1 Å². The second kappa shape index (κ2) is 6.11. The highest BCUT2D eigenvalue weighted by molar-refractivity contribution is 6.31. The summed E-state index contributed by atoms with van der Waals surface area (Å²) in [7, 11) is 0. The minimum Gasteiger partial charge on any atom is -0.384 e. The van der Waals surface area contributed by atoms with Crippen molar-refractivity contribution in [3.8, 4) is 0 Å². The van der Waals surface area contributed by atoms with Gasteiger partial charge in [-0.3, -0.25) is 10.1 Å². The second-order valence-corrected chi connectivity index (χ2v) is 5.32. The van der Waals surface area contributed by atoms with Crippen molar-refractivity contribution in [1.29, 1.82) is 0 Å². The molecule has 2 aromatic carbocycles. The Kier molecular flexibility index (Phi) is 4.45. The molecule has 2 aromatic rings. The first kappa shape index (κ1) is 15.3. The summed E-state index contributed by atoms with van der Waals surface area (Å²) in [4.78, 5) is 10.1. The van der Waals surface area contributed by atoms with Gasteiger partial charge in [0, 0.05) is 35.0 Å². The van der Waals surface area contributed by atoms with Gasteiger partial charge in [0.2, 0.25) is 0 Å². The van der Waals surface area contributed by atoms with Crippen molar-refractivity contribution in [3.63, 3.8) is 0 Å². The maximum atomic E-state index is 10.6. The predicted molar refractivity (Wildman–Crippen MR) is 82.6 cm³/mol. The number of halogens is 1. The molecule has 21 heavy (non-hydrogen) atoms. The van der Waals surface area contributed by atoms with Crippen LogP contribution in [0.4, 0.5) is 11.4 Å². The smallest absolute Gasteiger partial charge is 0.269 e. The first-order valence-corrected chi connectivity index (χ1v) is 6.74. The molecule has 1 unspecified atom stereocenters. The fraction of sp³-hybridized carbons (Fsp3) is 0.200. The van der Waals surface area contributed by atoms with E-state index < -0.39 is 10.5 Å². The molecule has 0 radical (unpaired) electrons.